The standard InChI is InChI=1S/C14H22N6S2/c1-4-11-15-13(21-17-11)19-5-7-20(8-6-19)14-16-12(18-22-14)9-10(2)3/h10H,4-9H2,1-3H3. The lowest BCUT2D eigenvalue weighted by atomic mass is 10.1. The average Bonchev–Trinajstić information content (AvgIpc) is 3.16. The Hall–Kier alpha value is -1.28. The first-order valence-electron chi connectivity index (χ1n) is 7.80. The number of rotatable bonds is 5. The highest BCUT2D eigenvalue weighted by molar-refractivity contribution is 7.10. The van der Waals surface area contributed by atoms with Crippen molar-refractivity contribution in [2.45, 2.75) is 33.6 Å². The molecule has 0 aromatic carbocycles. The minimum Gasteiger partial charge on any atom is -0.343 e. The van der Waals surface area contributed by atoms with E-state index < -0.39 is 0 Å². The molecule has 0 unspecified atom stereocenters. The van der Waals surface area contributed by atoms with Crippen LogP contribution < -0.4 is 9.80 Å². The first-order chi connectivity index (χ1) is 10.7. The molecule has 6 nitrogen and oxygen atoms in total. The molecule has 0 bridgehead atoms. The van der Waals surface area contributed by atoms with E-state index in [1.165, 1.54) is 23.1 Å². The molecular formula is C14H22N6S2. The Morgan fingerprint density at radius 1 is 0.909 bits per heavy atom. The van der Waals surface area contributed by atoms with E-state index in [2.05, 4.69) is 49.3 Å². The number of anilines is 2. The van der Waals surface area contributed by atoms with Crippen molar-refractivity contribution in [3.05, 3.63) is 11.6 Å². The number of piperazine rings is 1. The molecule has 1 saturated heterocycles. The van der Waals surface area contributed by atoms with Crippen molar-refractivity contribution in [2.75, 3.05) is 36.0 Å². The van der Waals surface area contributed by atoms with Crippen molar-refractivity contribution in [3.8, 4) is 0 Å². The second-order valence-corrected chi connectivity index (χ2v) is 7.37. The van der Waals surface area contributed by atoms with Gasteiger partial charge < -0.3 is 9.80 Å². The first kappa shape index (κ1) is 15.6. The molecule has 0 aliphatic carbocycles. The van der Waals surface area contributed by atoms with Crippen LogP contribution in [0.1, 0.15) is 32.4 Å². The topological polar surface area (TPSA) is 58.0 Å². The van der Waals surface area contributed by atoms with E-state index in [1.807, 2.05) is 0 Å². The zero-order valence-corrected chi connectivity index (χ0v) is 15.0. The smallest absolute Gasteiger partial charge is 0.205 e. The highest BCUT2D eigenvalue weighted by Gasteiger charge is 2.22. The van der Waals surface area contributed by atoms with E-state index in [0.29, 0.717) is 5.92 Å². The monoisotopic (exact) mass is 338 g/mol. The van der Waals surface area contributed by atoms with Crippen molar-refractivity contribution in [1.82, 2.24) is 18.7 Å². The number of hydrogen-bond acceptors (Lipinski definition) is 8. The molecule has 0 atom stereocenters. The van der Waals surface area contributed by atoms with Gasteiger partial charge in [0, 0.05) is 62.1 Å². The summed E-state index contributed by atoms with van der Waals surface area (Å²) in [6.07, 6.45) is 1.86. The Labute approximate surface area is 139 Å². The van der Waals surface area contributed by atoms with Gasteiger partial charge in [-0.3, -0.25) is 0 Å². The Morgan fingerprint density at radius 2 is 1.41 bits per heavy atom. The molecule has 0 amide bonds. The Kier molecular flexibility index (Phi) is 4.87. The van der Waals surface area contributed by atoms with Gasteiger partial charge in [-0.1, -0.05) is 20.8 Å². The minimum absolute atomic E-state index is 0.601. The van der Waals surface area contributed by atoms with Gasteiger partial charge in [0.2, 0.25) is 10.3 Å². The van der Waals surface area contributed by atoms with Crippen LogP contribution in [0.2, 0.25) is 0 Å². The molecule has 3 rings (SSSR count). The lowest BCUT2D eigenvalue weighted by Crippen LogP contribution is -2.46. The summed E-state index contributed by atoms with van der Waals surface area (Å²) in [5.74, 6) is 2.53. The summed E-state index contributed by atoms with van der Waals surface area (Å²) < 4.78 is 8.85. The van der Waals surface area contributed by atoms with E-state index in [-0.39, 0.29) is 0 Å². The summed E-state index contributed by atoms with van der Waals surface area (Å²) in [5, 5.41) is 2.11. The highest BCUT2D eigenvalue weighted by Crippen LogP contribution is 2.23. The second-order valence-electron chi connectivity index (χ2n) is 5.91. The molecule has 2 aromatic rings. The number of hydrogen-bond donors (Lipinski definition) is 0. The maximum absolute atomic E-state index is 4.68. The Balaban J connectivity index is 1.58. The lowest BCUT2D eigenvalue weighted by Gasteiger charge is -2.33. The average molecular weight is 339 g/mol. The predicted molar refractivity (Wildman–Crippen MR) is 92.2 cm³/mol. The van der Waals surface area contributed by atoms with Crippen LogP contribution in [0.5, 0.6) is 0 Å². The summed E-state index contributed by atoms with van der Waals surface area (Å²) in [7, 11) is 0. The summed E-state index contributed by atoms with van der Waals surface area (Å²) in [6, 6.07) is 0. The third kappa shape index (κ3) is 3.55. The van der Waals surface area contributed by atoms with E-state index in [4.69, 9.17) is 0 Å². The van der Waals surface area contributed by atoms with Crippen LogP contribution in [-0.4, -0.2) is 44.9 Å². The molecule has 3 heterocycles. The van der Waals surface area contributed by atoms with Gasteiger partial charge in [-0.05, 0) is 5.92 Å². The van der Waals surface area contributed by atoms with Crippen molar-refractivity contribution >= 4 is 33.3 Å². The molecule has 0 spiro atoms. The van der Waals surface area contributed by atoms with Crippen LogP contribution in [0, 0.1) is 5.92 Å². The molecule has 1 fully saturated rings. The molecule has 1 aliphatic heterocycles. The van der Waals surface area contributed by atoms with E-state index in [0.717, 1.165) is 60.9 Å². The van der Waals surface area contributed by atoms with Crippen LogP contribution in [0.4, 0.5) is 10.3 Å². The second kappa shape index (κ2) is 6.87. The van der Waals surface area contributed by atoms with Crippen molar-refractivity contribution < 1.29 is 0 Å². The summed E-state index contributed by atoms with van der Waals surface area (Å²) in [4.78, 5) is 13.9. The first-order valence-corrected chi connectivity index (χ1v) is 9.35. The quantitative estimate of drug-likeness (QED) is 0.835. The summed E-state index contributed by atoms with van der Waals surface area (Å²) in [6.45, 7) is 10.4. The van der Waals surface area contributed by atoms with Crippen LogP contribution >= 0.6 is 23.1 Å². The SMILES string of the molecule is CCc1nsc(N2CCN(c3nc(CC(C)C)ns3)CC2)n1. The van der Waals surface area contributed by atoms with E-state index in [1.54, 1.807) is 0 Å². The van der Waals surface area contributed by atoms with Gasteiger partial charge in [0.25, 0.3) is 0 Å². The fraction of sp³-hybridized carbons (Fsp3) is 0.714. The van der Waals surface area contributed by atoms with Crippen molar-refractivity contribution in [2.24, 2.45) is 5.92 Å². The van der Waals surface area contributed by atoms with E-state index in [9.17, 15) is 0 Å². The van der Waals surface area contributed by atoms with Crippen LogP contribution in [0.15, 0.2) is 0 Å². The fourth-order valence-electron chi connectivity index (χ4n) is 2.43. The Bertz CT molecular complexity index is 600. The third-order valence-electron chi connectivity index (χ3n) is 3.64. The molecule has 0 saturated carbocycles. The third-order valence-corrected chi connectivity index (χ3v) is 5.27. The molecule has 120 valence electrons. The van der Waals surface area contributed by atoms with Crippen molar-refractivity contribution in [1.29, 1.82) is 0 Å². The molecule has 22 heavy (non-hydrogen) atoms. The maximum atomic E-state index is 4.68. The van der Waals surface area contributed by atoms with E-state index >= 15 is 0 Å². The molecular weight excluding hydrogens is 316 g/mol. The molecule has 2 aromatic heterocycles. The maximum Gasteiger partial charge on any atom is 0.205 e. The van der Waals surface area contributed by atoms with Crippen LogP contribution in [0.25, 0.3) is 0 Å². The normalized spacial score (nSPS) is 15.8. The van der Waals surface area contributed by atoms with Gasteiger partial charge >= 0.3 is 0 Å². The molecule has 0 N–H and O–H groups in total. The highest BCUT2D eigenvalue weighted by atomic mass is 32.1. The van der Waals surface area contributed by atoms with Gasteiger partial charge in [-0.15, -0.1) is 0 Å². The van der Waals surface area contributed by atoms with Crippen molar-refractivity contribution in [3.63, 3.8) is 0 Å². The number of nitrogens with zero attached hydrogens (tertiary/aromatic N) is 6. The van der Waals surface area contributed by atoms with Crippen LogP contribution in [0.3, 0.4) is 0 Å². The van der Waals surface area contributed by atoms with Gasteiger partial charge in [-0.2, -0.15) is 8.75 Å². The van der Waals surface area contributed by atoms with Gasteiger partial charge in [-0.25, -0.2) is 9.97 Å². The number of aromatic nitrogens is 4. The van der Waals surface area contributed by atoms with Crippen LogP contribution in [-0.2, 0) is 12.8 Å². The number of aryl methyl sites for hydroxylation is 1. The summed E-state index contributed by atoms with van der Waals surface area (Å²) >= 11 is 3.03. The minimum atomic E-state index is 0.601. The van der Waals surface area contributed by atoms with Gasteiger partial charge in [0.1, 0.15) is 11.6 Å². The molecule has 1 aliphatic rings. The van der Waals surface area contributed by atoms with Gasteiger partial charge in [0.05, 0.1) is 0 Å². The predicted octanol–water partition coefficient (Wildman–Crippen LogP) is 2.48. The molecule has 8 heteroatoms. The largest absolute Gasteiger partial charge is 0.343 e. The molecule has 0 radical (unpaired) electrons. The zero-order valence-electron chi connectivity index (χ0n) is 13.3. The summed E-state index contributed by atoms with van der Waals surface area (Å²) in [5.41, 5.74) is 0. The fourth-order valence-corrected chi connectivity index (χ4v) is 3.97. The lowest BCUT2D eigenvalue weighted by molar-refractivity contribution is 0.622. The Morgan fingerprint density at radius 3 is 1.86 bits per heavy atom. The zero-order chi connectivity index (χ0) is 15.5. The van der Waals surface area contributed by atoms with Gasteiger partial charge in [0.15, 0.2) is 0 Å².